The lowest BCUT2D eigenvalue weighted by Gasteiger charge is -2.15. The zero-order valence-corrected chi connectivity index (χ0v) is 16.9. The summed E-state index contributed by atoms with van der Waals surface area (Å²) in [5, 5.41) is 6.32. The predicted molar refractivity (Wildman–Crippen MR) is 109 cm³/mol. The number of benzene rings is 2. The van der Waals surface area contributed by atoms with E-state index in [1.165, 1.54) is 18.7 Å². The molecule has 0 fully saturated rings. The minimum absolute atomic E-state index is 0.100. The summed E-state index contributed by atoms with van der Waals surface area (Å²) in [5.41, 5.74) is 1.77. The minimum Gasteiger partial charge on any atom is -0.497 e. The summed E-state index contributed by atoms with van der Waals surface area (Å²) < 4.78 is 40.1. The van der Waals surface area contributed by atoms with Gasteiger partial charge in [-0.05, 0) is 48.7 Å². The Morgan fingerprint density at radius 1 is 1.00 bits per heavy atom. The van der Waals surface area contributed by atoms with Crippen molar-refractivity contribution in [3.05, 3.63) is 53.6 Å². The monoisotopic (exact) mass is 407 g/mol. The van der Waals surface area contributed by atoms with Gasteiger partial charge in [-0.3, -0.25) is 4.99 Å². The lowest BCUT2D eigenvalue weighted by molar-refractivity contribution is -0.0504. The molecule has 2 aromatic rings. The molecule has 0 atom stereocenters. The average molecular weight is 407 g/mol. The van der Waals surface area contributed by atoms with Crippen LogP contribution in [-0.2, 0) is 13.0 Å². The second kappa shape index (κ2) is 11.7. The zero-order chi connectivity index (χ0) is 21.1. The van der Waals surface area contributed by atoms with E-state index in [-0.39, 0.29) is 12.3 Å². The van der Waals surface area contributed by atoms with Gasteiger partial charge in [0, 0.05) is 25.7 Å². The summed E-state index contributed by atoms with van der Waals surface area (Å²) >= 11 is 0. The Labute approximate surface area is 169 Å². The molecule has 0 radical (unpaired) electrons. The summed E-state index contributed by atoms with van der Waals surface area (Å²) in [6.45, 7) is -1.92. The Balaban J connectivity index is 1.83. The van der Waals surface area contributed by atoms with Gasteiger partial charge >= 0.3 is 6.61 Å². The first-order valence-electron chi connectivity index (χ1n) is 9.25. The highest BCUT2D eigenvalue weighted by molar-refractivity contribution is 5.79. The number of hydrogen-bond donors (Lipinski definition) is 2. The molecule has 0 saturated carbocycles. The minimum atomic E-state index is -2.89. The van der Waals surface area contributed by atoms with Crippen LogP contribution in [0, 0.1) is 0 Å². The van der Waals surface area contributed by atoms with E-state index in [9.17, 15) is 8.78 Å². The van der Waals surface area contributed by atoms with Gasteiger partial charge in [0.2, 0.25) is 0 Å². The molecule has 0 heterocycles. The van der Waals surface area contributed by atoms with Gasteiger partial charge in [-0.15, -0.1) is 0 Å². The molecule has 0 bridgehead atoms. The topological polar surface area (TPSA) is 64.1 Å². The SMILES string of the molecule is CN=C(NCCCc1ccc(OC)cc1)NCc1cc(OC)ccc1OC(F)F. The molecule has 0 amide bonds. The number of aliphatic imine (C=N–C) groups is 1. The molecule has 0 saturated heterocycles. The molecule has 158 valence electrons. The van der Waals surface area contributed by atoms with Crippen LogP contribution in [0.4, 0.5) is 8.78 Å². The van der Waals surface area contributed by atoms with E-state index in [2.05, 4.69) is 20.4 Å². The van der Waals surface area contributed by atoms with Gasteiger partial charge in [0.25, 0.3) is 0 Å². The molecule has 2 N–H and O–H groups in total. The van der Waals surface area contributed by atoms with E-state index < -0.39 is 6.61 Å². The van der Waals surface area contributed by atoms with Gasteiger partial charge in [0.05, 0.1) is 14.2 Å². The lowest BCUT2D eigenvalue weighted by Crippen LogP contribution is -2.37. The fourth-order valence-electron chi connectivity index (χ4n) is 2.72. The highest BCUT2D eigenvalue weighted by Gasteiger charge is 2.11. The van der Waals surface area contributed by atoms with Crippen molar-refractivity contribution in [1.82, 2.24) is 10.6 Å². The summed E-state index contributed by atoms with van der Waals surface area (Å²) in [7, 11) is 4.82. The van der Waals surface area contributed by atoms with Crippen molar-refractivity contribution < 1.29 is 23.0 Å². The predicted octanol–water partition coefficient (Wildman–Crippen LogP) is 3.60. The summed E-state index contributed by atoms with van der Waals surface area (Å²) in [6.07, 6.45) is 1.82. The zero-order valence-electron chi connectivity index (χ0n) is 16.9. The number of hydrogen-bond acceptors (Lipinski definition) is 4. The second-order valence-electron chi connectivity index (χ2n) is 6.16. The van der Waals surface area contributed by atoms with Crippen molar-refractivity contribution in [1.29, 1.82) is 0 Å². The maximum Gasteiger partial charge on any atom is 0.387 e. The first-order valence-corrected chi connectivity index (χ1v) is 9.25. The van der Waals surface area contributed by atoms with E-state index in [1.807, 2.05) is 24.3 Å². The van der Waals surface area contributed by atoms with Crippen LogP contribution >= 0.6 is 0 Å². The largest absolute Gasteiger partial charge is 0.497 e. The van der Waals surface area contributed by atoms with Crippen LogP contribution in [0.25, 0.3) is 0 Å². The maximum absolute atomic E-state index is 12.6. The van der Waals surface area contributed by atoms with Crippen molar-refractivity contribution in [2.24, 2.45) is 4.99 Å². The molecule has 0 spiro atoms. The number of nitrogens with one attached hydrogen (secondary N) is 2. The van der Waals surface area contributed by atoms with Crippen LogP contribution in [0.5, 0.6) is 17.2 Å². The molecule has 0 aliphatic carbocycles. The van der Waals surface area contributed by atoms with Gasteiger partial charge in [-0.1, -0.05) is 12.1 Å². The Morgan fingerprint density at radius 2 is 1.69 bits per heavy atom. The standard InChI is InChI=1S/C21H27F2N3O3/c1-24-21(25-12-4-5-15-6-8-17(27-2)9-7-15)26-14-16-13-18(28-3)10-11-19(16)29-20(22)23/h6-11,13,20H,4-5,12,14H2,1-3H3,(H2,24,25,26). The Morgan fingerprint density at radius 3 is 2.31 bits per heavy atom. The molecular weight excluding hydrogens is 380 g/mol. The van der Waals surface area contributed by atoms with Crippen LogP contribution in [0.3, 0.4) is 0 Å². The molecule has 0 aliphatic rings. The van der Waals surface area contributed by atoms with Crippen LogP contribution in [-0.4, -0.2) is 40.4 Å². The Hall–Kier alpha value is -3.03. The van der Waals surface area contributed by atoms with Crippen molar-refractivity contribution in [3.63, 3.8) is 0 Å². The maximum atomic E-state index is 12.6. The summed E-state index contributed by atoms with van der Waals surface area (Å²) in [5.74, 6) is 2.07. The third-order valence-electron chi connectivity index (χ3n) is 4.25. The number of halogens is 2. The van der Waals surface area contributed by atoms with E-state index >= 15 is 0 Å². The fraction of sp³-hybridized carbons (Fsp3) is 0.381. The van der Waals surface area contributed by atoms with Gasteiger partial charge in [-0.2, -0.15) is 8.78 Å². The second-order valence-corrected chi connectivity index (χ2v) is 6.16. The molecule has 0 aromatic heterocycles. The normalized spacial score (nSPS) is 11.3. The molecule has 2 rings (SSSR count). The molecule has 0 aliphatic heterocycles. The van der Waals surface area contributed by atoms with Crippen LogP contribution < -0.4 is 24.8 Å². The molecule has 29 heavy (non-hydrogen) atoms. The van der Waals surface area contributed by atoms with Crippen LogP contribution in [0.15, 0.2) is 47.5 Å². The number of guanidine groups is 1. The van der Waals surface area contributed by atoms with E-state index in [4.69, 9.17) is 9.47 Å². The Kier molecular flexibility index (Phi) is 9.01. The van der Waals surface area contributed by atoms with Crippen molar-refractivity contribution in [2.75, 3.05) is 27.8 Å². The van der Waals surface area contributed by atoms with Gasteiger partial charge in [0.1, 0.15) is 17.2 Å². The van der Waals surface area contributed by atoms with Gasteiger partial charge < -0.3 is 24.8 Å². The van der Waals surface area contributed by atoms with Gasteiger partial charge in [0.15, 0.2) is 5.96 Å². The van der Waals surface area contributed by atoms with E-state index in [0.717, 1.165) is 18.6 Å². The van der Waals surface area contributed by atoms with Gasteiger partial charge in [-0.25, -0.2) is 0 Å². The first-order chi connectivity index (χ1) is 14.0. The highest BCUT2D eigenvalue weighted by atomic mass is 19.3. The number of aryl methyl sites for hydroxylation is 1. The number of alkyl halides is 2. The van der Waals surface area contributed by atoms with Crippen molar-refractivity contribution in [3.8, 4) is 17.2 Å². The average Bonchev–Trinajstić information content (AvgIpc) is 2.74. The molecule has 2 aromatic carbocycles. The highest BCUT2D eigenvalue weighted by Crippen LogP contribution is 2.25. The summed E-state index contributed by atoms with van der Waals surface area (Å²) in [6, 6.07) is 12.7. The Bertz CT molecular complexity index is 783. The van der Waals surface area contributed by atoms with Crippen molar-refractivity contribution >= 4 is 5.96 Å². The number of ether oxygens (including phenoxy) is 3. The third-order valence-corrected chi connectivity index (χ3v) is 4.25. The first kappa shape index (κ1) is 22.3. The number of methoxy groups -OCH3 is 2. The molecule has 0 unspecified atom stereocenters. The molecule has 8 heteroatoms. The van der Waals surface area contributed by atoms with Crippen LogP contribution in [0.2, 0.25) is 0 Å². The number of rotatable bonds is 10. The molecule has 6 nitrogen and oxygen atoms in total. The summed E-state index contributed by atoms with van der Waals surface area (Å²) in [4.78, 5) is 4.16. The fourth-order valence-corrected chi connectivity index (χ4v) is 2.72. The number of nitrogens with zero attached hydrogens (tertiary/aromatic N) is 1. The third kappa shape index (κ3) is 7.48. The van der Waals surface area contributed by atoms with Crippen LogP contribution in [0.1, 0.15) is 17.5 Å². The smallest absolute Gasteiger partial charge is 0.387 e. The van der Waals surface area contributed by atoms with Crippen molar-refractivity contribution in [2.45, 2.75) is 26.0 Å². The molecular formula is C21H27F2N3O3. The lowest BCUT2D eigenvalue weighted by atomic mass is 10.1. The van der Waals surface area contributed by atoms with E-state index in [0.29, 0.717) is 23.8 Å². The quantitative estimate of drug-likeness (QED) is 0.358. The van der Waals surface area contributed by atoms with E-state index in [1.54, 1.807) is 26.3 Å².